The Bertz CT molecular complexity index is 1310. The summed E-state index contributed by atoms with van der Waals surface area (Å²) in [6.07, 6.45) is 8.46. The fourth-order valence-corrected chi connectivity index (χ4v) is 7.03. The summed E-state index contributed by atoms with van der Waals surface area (Å²) in [5.41, 5.74) is 2.78. The Morgan fingerprint density at radius 1 is 1.00 bits per heavy atom. The minimum atomic E-state index is -1.16. The highest BCUT2D eigenvalue weighted by atomic mass is 16.5. The van der Waals surface area contributed by atoms with Gasteiger partial charge in [0.2, 0.25) is 17.7 Å². The fraction of sp³-hybridized carbons (Fsp3) is 0.485. The number of nitrogens with zero attached hydrogens (tertiary/aromatic N) is 1. The topological polar surface area (TPSA) is 87.7 Å². The van der Waals surface area contributed by atoms with E-state index >= 15 is 0 Å². The molecule has 3 fully saturated rings. The molecule has 7 heteroatoms. The predicted molar refractivity (Wildman–Crippen MR) is 153 cm³/mol. The Kier molecular flexibility index (Phi) is 7.03. The first kappa shape index (κ1) is 26.8. The van der Waals surface area contributed by atoms with Gasteiger partial charge in [0.1, 0.15) is 11.6 Å². The molecule has 210 valence electrons. The number of likely N-dealkylation sites (tertiary alicyclic amines) is 1. The summed E-state index contributed by atoms with van der Waals surface area (Å²) in [6.45, 7) is 6.56. The quantitative estimate of drug-likeness (QED) is 0.491. The molecule has 0 radical (unpaired) electrons. The molecule has 1 saturated carbocycles. The summed E-state index contributed by atoms with van der Waals surface area (Å²) in [5, 5.41) is 6.27. The van der Waals surface area contributed by atoms with Crippen molar-refractivity contribution in [3.63, 3.8) is 0 Å². The smallest absolute Gasteiger partial charge is 0.246 e. The van der Waals surface area contributed by atoms with Gasteiger partial charge in [0.15, 0.2) is 0 Å². The van der Waals surface area contributed by atoms with Crippen LogP contribution in [0.3, 0.4) is 0 Å². The zero-order valence-corrected chi connectivity index (χ0v) is 23.6. The molecule has 1 spiro atoms. The maximum atomic E-state index is 14.2. The van der Waals surface area contributed by atoms with E-state index in [1.165, 1.54) is 12.0 Å². The van der Waals surface area contributed by atoms with Crippen LogP contribution in [0.25, 0.3) is 0 Å². The van der Waals surface area contributed by atoms with Crippen LogP contribution in [0.2, 0.25) is 0 Å². The molecule has 6 rings (SSSR count). The summed E-state index contributed by atoms with van der Waals surface area (Å²) < 4.78 is 6.49. The number of amides is 3. The van der Waals surface area contributed by atoms with Gasteiger partial charge in [-0.15, -0.1) is 0 Å². The molecule has 3 amide bonds. The second-order valence-electron chi connectivity index (χ2n) is 12.3. The molecule has 4 aliphatic rings. The van der Waals surface area contributed by atoms with E-state index in [0.29, 0.717) is 11.6 Å². The second-order valence-corrected chi connectivity index (χ2v) is 12.3. The molecule has 5 atom stereocenters. The average molecular weight is 542 g/mol. The number of ether oxygens (including phenoxy) is 1. The molecular weight excluding hydrogens is 502 g/mol. The SMILES string of the molecule is Cc1ccc(CN2C(=O)C3C(C(=O)Nc4ccc(C(C)C)cc4)C4C=CC3(O4)C2C(=O)NC2CCCCC2)cc1. The minimum absolute atomic E-state index is 0.100. The normalized spacial score (nSPS) is 29.2. The van der Waals surface area contributed by atoms with Crippen molar-refractivity contribution in [3.05, 3.63) is 77.4 Å². The molecule has 3 heterocycles. The Balaban J connectivity index is 1.30. The number of carbonyl (C=O) groups is 3. The predicted octanol–water partition coefficient (Wildman–Crippen LogP) is 4.86. The number of rotatable bonds is 7. The van der Waals surface area contributed by atoms with E-state index in [4.69, 9.17) is 4.74 Å². The zero-order chi connectivity index (χ0) is 28.0. The van der Waals surface area contributed by atoms with Crippen molar-refractivity contribution in [3.8, 4) is 0 Å². The highest BCUT2D eigenvalue weighted by Crippen LogP contribution is 2.55. The number of fused-ring (bicyclic) bond motifs is 1. The van der Waals surface area contributed by atoms with Crippen molar-refractivity contribution >= 4 is 23.4 Å². The standard InChI is InChI=1S/C33H39N3O4/c1-20(2)23-13-15-25(16-14-23)34-30(37)27-26-17-18-33(40-26)28(27)32(39)36(19-22-11-9-21(3)10-12-22)29(33)31(38)35-24-7-5-4-6-8-24/h9-18,20,24,26-29H,4-8,19H2,1-3H3,(H,34,37)(H,35,38). The van der Waals surface area contributed by atoms with Gasteiger partial charge in [0, 0.05) is 18.3 Å². The van der Waals surface area contributed by atoms with Gasteiger partial charge in [-0.25, -0.2) is 0 Å². The Morgan fingerprint density at radius 2 is 1.70 bits per heavy atom. The Hall–Kier alpha value is -3.45. The molecule has 2 N–H and O–H groups in total. The van der Waals surface area contributed by atoms with Crippen molar-refractivity contribution in [1.29, 1.82) is 0 Å². The first-order valence-electron chi connectivity index (χ1n) is 14.7. The van der Waals surface area contributed by atoms with E-state index in [-0.39, 0.29) is 30.3 Å². The molecular formula is C33H39N3O4. The lowest BCUT2D eigenvalue weighted by Gasteiger charge is -2.34. The number of aryl methyl sites for hydroxylation is 1. The third-order valence-electron chi connectivity index (χ3n) is 9.19. The molecule has 7 nitrogen and oxygen atoms in total. The molecule has 40 heavy (non-hydrogen) atoms. The summed E-state index contributed by atoms with van der Waals surface area (Å²) >= 11 is 0. The Morgan fingerprint density at radius 3 is 2.38 bits per heavy atom. The van der Waals surface area contributed by atoms with Crippen LogP contribution in [0.1, 0.15) is 68.6 Å². The van der Waals surface area contributed by atoms with E-state index in [9.17, 15) is 14.4 Å². The summed E-state index contributed by atoms with van der Waals surface area (Å²) in [4.78, 5) is 43.5. The average Bonchev–Trinajstić information content (AvgIpc) is 3.58. The lowest BCUT2D eigenvalue weighted by Crippen LogP contribution is -2.56. The molecule has 0 aromatic heterocycles. The van der Waals surface area contributed by atoms with Crippen LogP contribution in [-0.2, 0) is 25.7 Å². The molecule has 2 aromatic carbocycles. The maximum Gasteiger partial charge on any atom is 0.246 e. The Labute approximate surface area is 236 Å². The number of hydrogen-bond acceptors (Lipinski definition) is 4. The maximum absolute atomic E-state index is 14.2. The van der Waals surface area contributed by atoms with E-state index in [0.717, 1.165) is 36.8 Å². The van der Waals surface area contributed by atoms with Gasteiger partial charge < -0.3 is 20.3 Å². The van der Waals surface area contributed by atoms with Crippen LogP contribution in [-0.4, -0.2) is 46.4 Å². The van der Waals surface area contributed by atoms with Crippen molar-refractivity contribution in [2.75, 3.05) is 5.32 Å². The number of carbonyl (C=O) groups excluding carboxylic acids is 3. The van der Waals surface area contributed by atoms with Gasteiger partial charge in [-0.2, -0.15) is 0 Å². The van der Waals surface area contributed by atoms with Crippen LogP contribution in [0.4, 0.5) is 5.69 Å². The lowest BCUT2D eigenvalue weighted by atomic mass is 9.74. The van der Waals surface area contributed by atoms with Crippen molar-refractivity contribution in [1.82, 2.24) is 10.2 Å². The number of anilines is 1. The third kappa shape index (κ3) is 4.64. The van der Waals surface area contributed by atoms with Crippen molar-refractivity contribution in [2.24, 2.45) is 11.8 Å². The number of hydrogen-bond donors (Lipinski definition) is 2. The number of benzene rings is 2. The number of nitrogens with one attached hydrogen (secondary N) is 2. The molecule has 3 aliphatic heterocycles. The van der Waals surface area contributed by atoms with E-state index in [1.54, 1.807) is 4.90 Å². The zero-order valence-electron chi connectivity index (χ0n) is 23.6. The van der Waals surface area contributed by atoms with E-state index in [1.807, 2.05) is 67.6 Å². The first-order valence-corrected chi connectivity index (χ1v) is 14.7. The van der Waals surface area contributed by atoms with Crippen molar-refractivity contribution in [2.45, 2.75) is 89.1 Å². The molecule has 5 unspecified atom stereocenters. The van der Waals surface area contributed by atoms with Gasteiger partial charge in [0.05, 0.1) is 17.9 Å². The molecule has 1 aliphatic carbocycles. The lowest BCUT2D eigenvalue weighted by molar-refractivity contribution is -0.142. The van der Waals surface area contributed by atoms with Crippen LogP contribution in [0.15, 0.2) is 60.7 Å². The van der Waals surface area contributed by atoms with Crippen LogP contribution >= 0.6 is 0 Å². The van der Waals surface area contributed by atoms with Crippen LogP contribution in [0, 0.1) is 18.8 Å². The van der Waals surface area contributed by atoms with Crippen LogP contribution in [0.5, 0.6) is 0 Å². The summed E-state index contributed by atoms with van der Waals surface area (Å²) in [6, 6.07) is 15.1. The molecule has 2 aromatic rings. The third-order valence-corrected chi connectivity index (χ3v) is 9.19. The van der Waals surface area contributed by atoms with E-state index in [2.05, 4.69) is 24.5 Å². The molecule has 2 saturated heterocycles. The summed E-state index contributed by atoms with van der Waals surface area (Å²) in [7, 11) is 0. The van der Waals surface area contributed by atoms with Gasteiger partial charge >= 0.3 is 0 Å². The second kappa shape index (κ2) is 10.5. The monoisotopic (exact) mass is 541 g/mol. The van der Waals surface area contributed by atoms with Gasteiger partial charge in [-0.05, 0) is 48.9 Å². The first-order chi connectivity index (χ1) is 19.3. The fourth-order valence-electron chi connectivity index (χ4n) is 7.03. The van der Waals surface area contributed by atoms with Crippen LogP contribution < -0.4 is 10.6 Å². The largest absolute Gasteiger partial charge is 0.359 e. The highest BCUT2D eigenvalue weighted by Gasteiger charge is 2.72. The molecule has 2 bridgehead atoms. The van der Waals surface area contributed by atoms with E-state index < -0.39 is 29.6 Å². The minimum Gasteiger partial charge on any atom is -0.359 e. The van der Waals surface area contributed by atoms with Gasteiger partial charge in [-0.1, -0.05) is 87.2 Å². The highest BCUT2D eigenvalue weighted by molar-refractivity contribution is 6.02. The van der Waals surface area contributed by atoms with Gasteiger partial charge in [0.25, 0.3) is 0 Å². The van der Waals surface area contributed by atoms with Crippen molar-refractivity contribution < 1.29 is 19.1 Å². The summed E-state index contributed by atoms with van der Waals surface area (Å²) in [5.74, 6) is -1.73. The van der Waals surface area contributed by atoms with Gasteiger partial charge in [-0.3, -0.25) is 14.4 Å².